The van der Waals surface area contributed by atoms with Crippen LogP contribution in [0.2, 0.25) is 0 Å². The number of hydrogen-bond donors (Lipinski definition) is 1. The maximum Gasteiger partial charge on any atom is 0.401 e. The summed E-state index contributed by atoms with van der Waals surface area (Å²) in [6.45, 7) is 6.36. The second kappa shape index (κ2) is 4.92. The summed E-state index contributed by atoms with van der Waals surface area (Å²) < 4.78 is 37.2. The maximum atomic E-state index is 12.4. The van der Waals surface area contributed by atoms with Crippen molar-refractivity contribution in [3.05, 3.63) is 0 Å². The van der Waals surface area contributed by atoms with Gasteiger partial charge in [0.2, 0.25) is 0 Å². The molecule has 5 heteroatoms. The van der Waals surface area contributed by atoms with Gasteiger partial charge in [-0.15, -0.1) is 0 Å². The van der Waals surface area contributed by atoms with Gasteiger partial charge in [0.1, 0.15) is 0 Å². The Morgan fingerprint density at radius 3 is 2.38 bits per heavy atom. The fourth-order valence-electron chi connectivity index (χ4n) is 2.29. The number of nitrogens with zero attached hydrogens (tertiary/aromatic N) is 1. The first-order valence-electron chi connectivity index (χ1n) is 5.79. The van der Waals surface area contributed by atoms with Crippen molar-refractivity contribution in [3.63, 3.8) is 0 Å². The molecule has 0 radical (unpaired) electrons. The summed E-state index contributed by atoms with van der Waals surface area (Å²) >= 11 is 0. The first kappa shape index (κ1) is 13.8. The number of halogens is 3. The summed E-state index contributed by atoms with van der Waals surface area (Å²) in [5, 5.41) is 3.26. The van der Waals surface area contributed by atoms with E-state index in [2.05, 4.69) is 5.32 Å². The fraction of sp³-hybridized carbons (Fsp3) is 1.00. The standard InChI is InChI=1S/C11H21F3N2/c1-4-5-16(8-11(12,13)14)9-6-10(2,3)15-7-9/h9,15H,4-8H2,1-3H3. The van der Waals surface area contributed by atoms with Gasteiger partial charge < -0.3 is 5.32 Å². The van der Waals surface area contributed by atoms with E-state index in [0.29, 0.717) is 13.1 Å². The van der Waals surface area contributed by atoms with Crippen LogP contribution in [0.5, 0.6) is 0 Å². The molecule has 1 saturated heterocycles. The second-order valence-electron chi connectivity index (χ2n) is 5.21. The van der Waals surface area contributed by atoms with Crippen molar-refractivity contribution in [1.29, 1.82) is 0 Å². The Morgan fingerprint density at radius 2 is 2.00 bits per heavy atom. The molecule has 1 fully saturated rings. The molecular weight excluding hydrogens is 217 g/mol. The Kier molecular flexibility index (Phi) is 4.23. The van der Waals surface area contributed by atoms with Crippen LogP contribution in [0.25, 0.3) is 0 Å². The molecule has 16 heavy (non-hydrogen) atoms. The van der Waals surface area contributed by atoms with Crippen LogP contribution in [0.15, 0.2) is 0 Å². The normalized spacial score (nSPS) is 25.3. The van der Waals surface area contributed by atoms with Crippen molar-refractivity contribution in [2.24, 2.45) is 0 Å². The van der Waals surface area contributed by atoms with Crippen LogP contribution in [0.3, 0.4) is 0 Å². The van der Waals surface area contributed by atoms with Gasteiger partial charge in [0.05, 0.1) is 6.54 Å². The molecule has 1 aliphatic heterocycles. The highest BCUT2D eigenvalue weighted by molar-refractivity contribution is 4.94. The van der Waals surface area contributed by atoms with E-state index in [4.69, 9.17) is 0 Å². The van der Waals surface area contributed by atoms with Crippen LogP contribution < -0.4 is 5.32 Å². The van der Waals surface area contributed by atoms with Crippen LogP contribution in [0.4, 0.5) is 13.2 Å². The molecule has 1 unspecified atom stereocenters. The Hall–Kier alpha value is -0.290. The topological polar surface area (TPSA) is 15.3 Å². The quantitative estimate of drug-likeness (QED) is 0.809. The third kappa shape index (κ3) is 4.29. The average Bonchev–Trinajstić information content (AvgIpc) is 2.43. The average molecular weight is 238 g/mol. The third-order valence-corrected chi connectivity index (χ3v) is 2.97. The molecular formula is C11H21F3N2. The molecule has 0 spiro atoms. The zero-order valence-electron chi connectivity index (χ0n) is 10.2. The van der Waals surface area contributed by atoms with Crippen molar-refractivity contribution in [2.75, 3.05) is 19.6 Å². The van der Waals surface area contributed by atoms with Gasteiger partial charge in [0, 0.05) is 18.1 Å². The van der Waals surface area contributed by atoms with Crippen molar-refractivity contribution in [1.82, 2.24) is 10.2 Å². The van der Waals surface area contributed by atoms with Crippen LogP contribution >= 0.6 is 0 Å². The lowest BCUT2D eigenvalue weighted by Gasteiger charge is -2.29. The van der Waals surface area contributed by atoms with E-state index in [1.54, 1.807) is 4.90 Å². The molecule has 1 N–H and O–H groups in total. The predicted molar refractivity (Wildman–Crippen MR) is 58.4 cm³/mol. The highest BCUT2D eigenvalue weighted by Crippen LogP contribution is 2.25. The summed E-state index contributed by atoms with van der Waals surface area (Å²) in [4.78, 5) is 1.56. The molecule has 1 heterocycles. The monoisotopic (exact) mass is 238 g/mol. The molecule has 96 valence electrons. The van der Waals surface area contributed by atoms with Crippen LogP contribution in [-0.2, 0) is 0 Å². The minimum atomic E-state index is -4.10. The molecule has 0 aromatic rings. The van der Waals surface area contributed by atoms with E-state index in [0.717, 1.165) is 12.8 Å². The van der Waals surface area contributed by atoms with Gasteiger partial charge in [0.15, 0.2) is 0 Å². The Bertz CT molecular complexity index is 226. The second-order valence-corrected chi connectivity index (χ2v) is 5.21. The molecule has 1 aliphatic rings. The van der Waals surface area contributed by atoms with Crippen molar-refractivity contribution >= 4 is 0 Å². The number of nitrogens with one attached hydrogen (secondary N) is 1. The number of hydrogen-bond acceptors (Lipinski definition) is 2. The predicted octanol–water partition coefficient (Wildman–Crippen LogP) is 2.40. The third-order valence-electron chi connectivity index (χ3n) is 2.97. The maximum absolute atomic E-state index is 12.4. The van der Waals surface area contributed by atoms with Crippen molar-refractivity contribution in [3.8, 4) is 0 Å². The van der Waals surface area contributed by atoms with E-state index >= 15 is 0 Å². The van der Waals surface area contributed by atoms with E-state index in [9.17, 15) is 13.2 Å². The lowest BCUT2D eigenvalue weighted by atomic mass is 10.0. The van der Waals surface area contributed by atoms with Crippen LogP contribution in [0, 0.1) is 0 Å². The van der Waals surface area contributed by atoms with Gasteiger partial charge in [0.25, 0.3) is 0 Å². The molecule has 0 amide bonds. The lowest BCUT2D eigenvalue weighted by molar-refractivity contribution is -0.150. The van der Waals surface area contributed by atoms with Gasteiger partial charge in [-0.1, -0.05) is 6.92 Å². The number of rotatable bonds is 4. The molecule has 0 aromatic heterocycles. The Balaban J connectivity index is 2.57. The Morgan fingerprint density at radius 1 is 1.38 bits per heavy atom. The fourth-order valence-corrected chi connectivity index (χ4v) is 2.29. The SMILES string of the molecule is CCCN(CC(F)(F)F)C1CNC(C)(C)C1. The van der Waals surface area contributed by atoms with Gasteiger partial charge >= 0.3 is 6.18 Å². The summed E-state index contributed by atoms with van der Waals surface area (Å²) in [5.74, 6) is 0. The van der Waals surface area contributed by atoms with Crippen LogP contribution in [0.1, 0.15) is 33.6 Å². The highest BCUT2D eigenvalue weighted by atomic mass is 19.4. The van der Waals surface area contributed by atoms with E-state index in [1.807, 2.05) is 20.8 Å². The lowest BCUT2D eigenvalue weighted by Crippen LogP contribution is -2.43. The zero-order chi connectivity index (χ0) is 12.4. The molecule has 0 bridgehead atoms. The van der Waals surface area contributed by atoms with E-state index < -0.39 is 12.7 Å². The zero-order valence-corrected chi connectivity index (χ0v) is 10.2. The van der Waals surface area contributed by atoms with Crippen molar-refractivity contribution in [2.45, 2.75) is 51.4 Å². The summed E-state index contributed by atoms with van der Waals surface area (Å²) in [7, 11) is 0. The summed E-state index contributed by atoms with van der Waals surface area (Å²) in [6.07, 6.45) is -2.56. The minimum Gasteiger partial charge on any atom is -0.310 e. The molecule has 0 saturated carbocycles. The van der Waals surface area contributed by atoms with Crippen LogP contribution in [-0.4, -0.2) is 42.3 Å². The molecule has 0 aromatic carbocycles. The van der Waals surface area contributed by atoms with Gasteiger partial charge in [-0.2, -0.15) is 13.2 Å². The van der Waals surface area contributed by atoms with Gasteiger partial charge in [-0.25, -0.2) is 0 Å². The number of alkyl halides is 3. The molecule has 2 nitrogen and oxygen atoms in total. The molecule has 0 aliphatic carbocycles. The van der Waals surface area contributed by atoms with Gasteiger partial charge in [-0.3, -0.25) is 4.90 Å². The van der Waals surface area contributed by atoms with E-state index in [1.165, 1.54) is 0 Å². The summed E-state index contributed by atoms with van der Waals surface area (Å²) in [5.41, 5.74) is -0.0394. The highest BCUT2D eigenvalue weighted by Gasteiger charge is 2.38. The smallest absolute Gasteiger partial charge is 0.310 e. The van der Waals surface area contributed by atoms with Crippen molar-refractivity contribution < 1.29 is 13.2 Å². The largest absolute Gasteiger partial charge is 0.401 e. The molecule has 1 rings (SSSR count). The first-order chi connectivity index (χ1) is 7.23. The minimum absolute atomic E-state index is 0.0107. The first-order valence-corrected chi connectivity index (χ1v) is 5.79. The Labute approximate surface area is 95.2 Å². The summed E-state index contributed by atoms with van der Waals surface area (Å²) in [6, 6.07) is 0.0107. The van der Waals surface area contributed by atoms with Gasteiger partial charge in [-0.05, 0) is 33.2 Å². The molecule has 1 atom stereocenters. The van der Waals surface area contributed by atoms with E-state index in [-0.39, 0.29) is 11.6 Å².